The summed E-state index contributed by atoms with van der Waals surface area (Å²) in [6, 6.07) is 4.15. The third-order valence-corrected chi connectivity index (χ3v) is 7.77. The Hall–Kier alpha value is -2.90. The molecule has 2 N–H and O–H groups in total. The molecule has 0 saturated heterocycles. The maximum absolute atomic E-state index is 13.2. The topological polar surface area (TPSA) is 119 Å². The molecule has 2 aliphatic rings. The molecule has 33 heavy (non-hydrogen) atoms. The average Bonchev–Trinajstić information content (AvgIpc) is 3.65. The van der Waals surface area contributed by atoms with Crippen LogP contribution in [0.4, 0.5) is 0 Å². The van der Waals surface area contributed by atoms with Crippen LogP contribution in [0.15, 0.2) is 32.7 Å². The highest BCUT2D eigenvalue weighted by molar-refractivity contribution is 7.89. The Morgan fingerprint density at radius 3 is 2.39 bits per heavy atom. The zero-order chi connectivity index (χ0) is 24.2. The molecular weight excluding hydrogens is 444 g/mol. The second-order valence-electron chi connectivity index (χ2n) is 10.0. The lowest BCUT2D eigenvalue weighted by Crippen LogP contribution is -2.47. The molecule has 1 aromatic carbocycles. The predicted molar refractivity (Wildman–Crippen MR) is 125 cm³/mol. The van der Waals surface area contributed by atoms with E-state index >= 15 is 0 Å². The van der Waals surface area contributed by atoms with Crippen molar-refractivity contribution >= 4 is 26.8 Å². The molecule has 1 aromatic heterocycles. The van der Waals surface area contributed by atoms with Crippen molar-refractivity contribution in [3.63, 3.8) is 0 Å². The smallest absolute Gasteiger partial charge is 0.291 e. The minimum atomic E-state index is -3.86. The normalized spacial score (nSPS) is 18.0. The largest absolute Gasteiger partial charge is 0.350 e. The fourth-order valence-corrected chi connectivity index (χ4v) is 5.03. The molecule has 2 saturated carbocycles. The molecule has 0 radical (unpaired) electrons. The molecule has 176 valence electrons. The summed E-state index contributed by atoms with van der Waals surface area (Å²) in [5.41, 5.74) is 0.535. The van der Waals surface area contributed by atoms with Crippen molar-refractivity contribution in [2.24, 2.45) is 11.3 Å². The van der Waals surface area contributed by atoms with Gasteiger partial charge in [0.05, 0.1) is 15.8 Å². The average molecular weight is 473 g/mol. The van der Waals surface area contributed by atoms with Crippen LogP contribution in [0.3, 0.4) is 0 Å². The minimum absolute atomic E-state index is 0.0276. The lowest BCUT2D eigenvalue weighted by molar-refractivity contribution is -0.112. The first-order valence-corrected chi connectivity index (χ1v) is 12.5. The van der Waals surface area contributed by atoms with Gasteiger partial charge in [0.15, 0.2) is 0 Å². The van der Waals surface area contributed by atoms with Crippen LogP contribution in [-0.4, -0.2) is 29.1 Å². The summed E-state index contributed by atoms with van der Waals surface area (Å²) in [7, 11) is -3.86. The van der Waals surface area contributed by atoms with Crippen LogP contribution in [0.25, 0.3) is 10.9 Å². The Morgan fingerprint density at radius 2 is 1.82 bits per heavy atom. The Morgan fingerprint density at radius 1 is 1.15 bits per heavy atom. The van der Waals surface area contributed by atoms with E-state index in [2.05, 4.69) is 22.0 Å². The van der Waals surface area contributed by atoms with Crippen molar-refractivity contribution in [1.29, 1.82) is 0 Å². The van der Waals surface area contributed by atoms with Gasteiger partial charge in [0.25, 0.3) is 5.56 Å². The number of aromatic nitrogens is 2. The Balaban J connectivity index is 1.86. The van der Waals surface area contributed by atoms with Crippen molar-refractivity contribution in [2.45, 2.75) is 70.4 Å². The summed E-state index contributed by atoms with van der Waals surface area (Å²) in [4.78, 5) is 38.6. The molecule has 1 heterocycles. The summed E-state index contributed by atoms with van der Waals surface area (Å²) >= 11 is 0. The molecule has 0 unspecified atom stereocenters. The molecule has 9 nitrogen and oxygen atoms in total. The van der Waals surface area contributed by atoms with Crippen molar-refractivity contribution in [2.75, 3.05) is 5.43 Å². The number of hydrogen-bond acceptors (Lipinski definition) is 5. The Bertz CT molecular complexity index is 1430. The molecule has 4 rings (SSSR count). The third kappa shape index (κ3) is 4.89. The third-order valence-electron chi connectivity index (χ3n) is 6.14. The van der Waals surface area contributed by atoms with Gasteiger partial charge < -0.3 is 0 Å². The van der Waals surface area contributed by atoms with Crippen LogP contribution >= 0.6 is 0 Å². The number of hydrogen-bond donors (Lipinski definition) is 2. The van der Waals surface area contributed by atoms with Gasteiger partial charge in [-0.3, -0.25) is 14.2 Å². The number of nitrogens with zero attached hydrogens (tertiary/aromatic N) is 2. The number of carbonyl (C=O) groups is 1. The maximum atomic E-state index is 13.2. The molecule has 1 amide bonds. The SMILES string of the molecule is CC(C)C#CC(=O)Nn1c(=O)c2cc(S(=O)(=O)NC3(C)CC3)ccc2n(CC2(C)CC2)c1=O. The molecule has 0 aliphatic heterocycles. The first-order valence-electron chi connectivity index (χ1n) is 11.0. The van der Waals surface area contributed by atoms with Gasteiger partial charge in [-0.05, 0) is 62.1 Å². The van der Waals surface area contributed by atoms with E-state index < -0.39 is 32.7 Å². The quantitative estimate of drug-likeness (QED) is 0.618. The molecule has 2 aromatic rings. The van der Waals surface area contributed by atoms with Gasteiger partial charge in [0, 0.05) is 18.0 Å². The van der Waals surface area contributed by atoms with Crippen molar-refractivity contribution in [1.82, 2.24) is 14.0 Å². The zero-order valence-corrected chi connectivity index (χ0v) is 20.0. The second kappa shape index (κ2) is 7.85. The summed E-state index contributed by atoms with van der Waals surface area (Å²) in [6.07, 6.45) is 3.35. The molecule has 0 atom stereocenters. The van der Waals surface area contributed by atoms with E-state index in [0.717, 1.165) is 25.7 Å². The molecule has 10 heteroatoms. The van der Waals surface area contributed by atoms with Crippen LogP contribution in [0.1, 0.15) is 53.4 Å². The lowest BCUT2D eigenvalue weighted by Gasteiger charge is -2.18. The Labute approximate surface area is 192 Å². The van der Waals surface area contributed by atoms with E-state index in [1.807, 2.05) is 27.7 Å². The fourth-order valence-electron chi connectivity index (χ4n) is 3.54. The summed E-state index contributed by atoms with van der Waals surface area (Å²) in [6.45, 7) is 7.82. The van der Waals surface area contributed by atoms with Gasteiger partial charge in [0.1, 0.15) is 0 Å². The fraction of sp³-hybridized carbons (Fsp3) is 0.522. The monoisotopic (exact) mass is 472 g/mol. The summed E-state index contributed by atoms with van der Waals surface area (Å²) in [5.74, 6) is 4.20. The summed E-state index contributed by atoms with van der Waals surface area (Å²) in [5, 5.41) is 0.0276. The van der Waals surface area contributed by atoms with E-state index in [0.29, 0.717) is 16.7 Å². The van der Waals surface area contributed by atoms with Gasteiger partial charge in [0.2, 0.25) is 10.0 Å². The van der Waals surface area contributed by atoms with Crippen LogP contribution < -0.4 is 21.4 Å². The van der Waals surface area contributed by atoms with E-state index in [9.17, 15) is 22.8 Å². The molecule has 2 aliphatic carbocycles. The van der Waals surface area contributed by atoms with Crippen molar-refractivity contribution < 1.29 is 13.2 Å². The molecule has 0 bridgehead atoms. The number of amides is 1. The van der Waals surface area contributed by atoms with Gasteiger partial charge in [-0.1, -0.05) is 26.7 Å². The Kier molecular flexibility index (Phi) is 5.53. The van der Waals surface area contributed by atoms with E-state index in [4.69, 9.17) is 0 Å². The second-order valence-corrected chi connectivity index (χ2v) is 11.7. The van der Waals surface area contributed by atoms with Crippen LogP contribution in [-0.2, 0) is 21.4 Å². The molecule has 2 fully saturated rings. The number of benzene rings is 1. The maximum Gasteiger partial charge on any atom is 0.350 e. The lowest BCUT2D eigenvalue weighted by atomic mass is 10.1. The van der Waals surface area contributed by atoms with E-state index in [1.165, 1.54) is 22.8 Å². The molecular formula is C23H28N4O5S. The van der Waals surface area contributed by atoms with Crippen LogP contribution in [0.2, 0.25) is 0 Å². The minimum Gasteiger partial charge on any atom is -0.291 e. The highest BCUT2D eigenvalue weighted by Gasteiger charge is 2.41. The van der Waals surface area contributed by atoms with Crippen LogP contribution in [0.5, 0.6) is 0 Å². The van der Waals surface area contributed by atoms with E-state index in [1.54, 1.807) is 0 Å². The van der Waals surface area contributed by atoms with Gasteiger partial charge in [-0.25, -0.2) is 23.4 Å². The van der Waals surface area contributed by atoms with Crippen molar-refractivity contribution in [3.05, 3.63) is 39.0 Å². The molecule has 0 spiro atoms. The highest BCUT2D eigenvalue weighted by Crippen LogP contribution is 2.46. The first-order chi connectivity index (χ1) is 15.3. The van der Waals surface area contributed by atoms with Crippen molar-refractivity contribution in [3.8, 4) is 11.8 Å². The zero-order valence-electron chi connectivity index (χ0n) is 19.2. The number of fused-ring (bicyclic) bond motifs is 1. The highest BCUT2D eigenvalue weighted by atomic mass is 32.2. The van der Waals surface area contributed by atoms with E-state index in [-0.39, 0.29) is 21.6 Å². The number of nitrogens with one attached hydrogen (secondary N) is 2. The standard InChI is InChI=1S/C23H28N4O5S/c1-15(2)5-8-19(28)24-27-20(29)17-13-16(33(31,32)25-23(4)11-12-23)6-7-18(17)26(21(27)30)14-22(3)9-10-22/h6-7,13,15,25H,9-12,14H2,1-4H3,(H,24,28). The van der Waals surface area contributed by atoms with Gasteiger partial charge >= 0.3 is 11.6 Å². The van der Waals surface area contributed by atoms with Gasteiger partial charge in [-0.15, -0.1) is 0 Å². The number of carbonyl (C=O) groups excluding carboxylic acids is 1. The predicted octanol–water partition coefficient (Wildman–Crippen LogP) is 1.52. The first kappa shape index (κ1) is 23.3. The number of rotatable bonds is 6. The number of sulfonamides is 1. The summed E-state index contributed by atoms with van der Waals surface area (Å²) < 4.78 is 30.4. The van der Waals surface area contributed by atoms with Gasteiger partial charge in [-0.2, -0.15) is 4.68 Å². The van der Waals surface area contributed by atoms with Crippen LogP contribution in [0, 0.1) is 23.2 Å².